The zero-order valence-electron chi connectivity index (χ0n) is 10.9. The maximum absolute atomic E-state index is 13.2. The van der Waals surface area contributed by atoms with Crippen molar-refractivity contribution in [2.75, 3.05) is 0 Å². The van der Waals surface area contributed by atoms with E-state index >= 15 is 0 Å². The number of benzene rings is 2. The topological polar surface area (TPSA) is 37.3 Å². The molecule has 0 amide bonds. The summed E-state index contributed by atoms with van der Waals surface area (Å²) in [6.07, 6.45) is 0. The van der Waals surface area contributed by atoms with Crippen LogP contribution in [0.5, 0.6) is 0 Å². The van der Waals surface area contributed by atoms with Crippen molar-refractivity contribution in [2.45, 2.75) is 19.3 Å². The Morgan fingerprint density at radius 3 is 2.21 bits per heavy atom. The molecule has 0 radical (unpaired) electrons. The van der Waals surface area contributed by atoms with E-state index in [1.54, 1.807) is 44.2 Å². The second-order valence-electron chi connectivity index (χ2n) is 5.02. The molecule has 0 aliphatic carbocycles. The van der Waals surface area contributed by atoms with Crippen LogP contribution in [0.1, 0.15) is 19.4 Å². The van der Waals surface area contributed by atoms with E-state index in [0.717, 1.165) is 11.1 Å². The van der Waals surface area contributed by atoms with Gasteiger partial charge in [0.2, 0.25) is 0 Å². The van der Waals surface area contributed by atoms with Gasteiger partial charge in [-0.25, -0.2) is 4.39 Å². The fourth-order valence-electron chi connectivity index (χ4n) is 1.88. The van der Waals surface area contributed by atoms with Gasteiger partial charge >= 0.3 is 5.97 Å². The van der Waals surface area contributed by atoms with Crippen molar-refractivity contribution in [1.29, 1.82) is 0 Å². The second-order valence-corrected chi connectivity index (χ2v) is 5.02. The summed E-state index contributed by atoms with van der Waals surface area (Å²) in [5.74, 6) is -1.19. The summed E-state index contributed by atoms with van der Waals surface area (Å²) in [6.45, 7) is 3.31. The highest BCUT2D eigenvalue weighted by atomic mass is 19.1. The van der Waals surface area contributed by atoms with Crippen molar-refractivity contribution in [3.8, 4) is 11.1 Å². The Hall–Kier alpha value is -2.16. The minimum Gasteiger partial charge on any atom is -0.481 e. The van der Waals surface area contributed by atoms with E-state index < -0.39 is 11.4 Å². The first-order valence-corrected chi connectivity index (χ1v) is 6.01. The Labute approximate surface area is 111 Å². The smallest absolute Gasteiger partial charge is 0.313 e. The summed E-state index contributed by atoms with van der Waals surface area (Å²) in [5, 5.41) is 9.24. The van der Waals surface area contributed by atoms with Gasteiger partial charge in [-0.1, -0.05) is 36.4 Å². The van der Waals surface area contributed by atoms with Crippen molar-refractivity contribution in [3.63, 3.8) is 0 Å². The van der Waals surface area contributed by atoms with Crippen LogP contribution < -0.4 is 0 Å². The number of halogens is 1. The number of hydrogen-bond acceptors (Lipinski definition) is 1. The highest BCUT2D eigenvalue weighted by Gasteiger charge is 2.29. The van der Waals surface area contributed by atoms with E-state index in [2.05, 4.69) is 0 Å². The van der Waals surface area contributed by atoms with Gasteiger partial charge in [0.25, 0.3) is 0 Å². The summed E-state index contributed by atoms with van der Waals surface area (Å²) in [6, 6.07) is 13.5. The SMILES string of the molecule is CC(C)(C(=O)O)c1cccc(-c2cccc(F)c2)c1. The molecular weight excluding hydrogens is 243 g/mol. The maximum Gasteiger partial charge on any atom is 0.313 e. The zero-order valence-corrected chi connectivity index (χ0v) is 10.9. The van der Waals surface area contributed by atoms with Crippen LogP contribution in [0, 0.1) is 5.82 Å². The van der Waals surface area contributed by atoms with Gasteiger partial charge < -0.3 is 5.11 Å². The molecule has 0 aliphatic heterocycles. The van der Waals surface area contributed by atoms with Gasteiger partial charge in [-0.3, -0.25) is 4.79 Å². The summed E-state index contributed by atoms with van der Waals surface area (Å²) in [7, 11) is 0. The molecule has 19 heavy (non-hydrogen) atoms. The van der Waals surface area contributed by atoms with Crippen LogP contribution in [0.25, 0.3) is 11.1 Å². The van der Waals surface area contributed by atoms with E-state index in [1.807, 2.05) is 6.07 Å². The van der Waals surface area contributed by atoms with Crippen molar-refractivity contribution in [1.82, 2.24) is 0 Å². The molecule has 0 unspecified atom stereocenters. The van der Waals surface area contributed by atoms with Crippen LogP contribution in [0.4, 0.5) is 4.39 Å². The lowest BCUT2D eigenvalue weighted by molar-refractivity contribution is -0.142. The Kier molecular flexibility index (Phi) is 3.38. The van der Waals surface area contributed by atoms with Crippen molar-refractivity contribution >= 4 is 5.97 Å². The first-order valence-electron chi connectivity index (χ1n) is 6.01. The molecule has 2 aromatic carbocycles. The molecule has 0 heterocycles. The van der Waals surface area contributed by atoms with Crippen molar-refractivity contribution in [2.24, 2.45) is 0 Å². The van der Waals surface area contributed by atoms with E-state index in [4.69, 9.17) is 0 Å². The number of carboxylic acid groups (broad SMARTS) is 1. The summed E-state index contributed by atoms with van der Waals surface area (Å²) in [4.78, 5) is 11.3. The molecule has 98 valence electrons. The average molecular weight is 258 g/mol. The molecule has 0 saturated carbocycles. The Balaban J connectivity index is 2.48. The standard InChI is InChI=1S/C16H15FO2/c1-16(2,15(18)19)13-7-3-5-11(9-13)12-6-4-8-14(17)10-12/h3-10H,1-2H3,(H,18,19). The Morgan fingerprint density at radius 1 is 1.05 bits per heavy atom. The summed E-state index contributed by atoms with van der Waals surface area (Å²) >= 11 is 0. The van der Waals surface area contributed by atoms with Gasteiger partial charge in [0.1, 0.15) is 5.82 Å². The van der Waals surface area contributed by atoms with Crippen LogP contribution in [0.15, 0.2) is 48.5 Å². The van der Waals surface area contributed by atoms with E-state index in [9.17, 15) is 14.3 Å². The predicted octanol–water partition coefficient (Wildman–Crippen LogP) is 3.85. The van der Waals surface area contributed by atoms with Gasteiger partial charge in [0.15, 0.2) is 0 Å². The lowest BCUT2D eigenvalue weighted by Crippen LogP contribution is -2.28. The lowest BCUT2D eigenvalue weighted by Gasteiger charge is -2.20. The number of carbonyl (C=O) groups is 1. The molecule has 0 fully saturated rings. The quantitative estimate of drug-likeness (QED) is 0.907. The predicted molar refractivity (Wildman–Crippen MR) is 72.5 cm³/mol. The molecule has 0 atom stereocenters. The monoisotopic (exact) mass is 258 g/mol. The maximum atomic E-state index is 13.2. The van der Waals surface area contributed by atoms with Gasteiger partial charge in [-0.2, -0.15) is 0 Å². The number of hydrogen-bond donors (Lipinski definition) is 1. The van der Waals surface area contributed by atoms with Gasteiger partial charge in [0, 0.05) is 0 Å². The minimum absolute atomic E-state index is 0.305. The van der Waals surface area contributed by atoms with Crippen LogP contribution >= 0.6 is 0 Å². The minimum atomic E-state index is -0.969. The summed E-state index contributed by atoms with van der Waals surface area (Å²) in [5.41, 5.74) is 1.28. The van der Waals surface area contributed by atoms with E-state index in [1.165, 1.54) is 12.1 Å². The molecule has 0 saturated heterocycles. The van der Waals surface area contributed by atoms with Gasteiger partial charge in [-0.15, -0.1) is 0 Å². The van der Waals surface area contributed by atoms with Crippen molar-refractivity contribution < 1.29 is 14.3 Å². The average Bonchev–Trinajstić information content (AvgIpc) is 2.38. The third kappa shape index (κ3) is 2.65. The molecule has 2 aromatic rings. The molecule has 0 aliphatic rings. The second kappa shape index (κ2) is 4.84. The van der Waals surface area contributed by atoms with Crippen molar-refractivity contribution in [3.05, 3.63) is 59.9 Å². The van der Waals surface area contributed by atoms with Gasteiger partial charge in [0.05, 0.1) is 5.41 Å². The highest BCUT2D eigenvalue weighted by molar-refractivity contribution is 5.81. The third-order valence-electron chi connectivity index (χ3n) is 3.28. The molecule has 1 N–H and O–H groups in total. The van der Waals surface area contributed by atoms with Crippen LogP contribution in [0.3, 0.4) is 0 Å². The van der Waals surface area contributed by atoms with Crippen LogP contribution in [-0.4, -0.2) is 11.1 Å². The first-order chi connectivity index (χ1) is 8.91. The number of carboxylic acids is 1. The van der Waals surface area contributed by atoms with Crippen LogP contribution in [-0.2, 0) is 10.2 Å². The third-order valence-corrected chi connectivity index (χ3v) is 3.28. The Morgan fingerprint density at radius 2 is 1.63 bits per heavy atom. The molecular formula is C16H15FO2. The van der Waals surface area contributed by atoms with Crippen LogP contribution in [0.2, 0.25) is 0 Å². The fourth-order valence-corrected chi connectivity index (χ4v) is 1.88. The first kappa shape index (κ1) is 13.3. The Bertz CT molecular complexity index is 618. The molecule has 0 bridgehead atoms. The molecule has 3 heteroatoms. The summed E-state index contributed by atoms with van der Waals surface area (Å²) < 4.78 is 13.2. The fraction of sp³-hybridized carbons (Fsp3) is 0.188. The van der Waals surface area contributed by atoms with E-state index in [-0.39, 0.29) is 5.82 Å². The normalized spacial score (nSPS) is 11.3. The molecule has 0 spiro atoms. The van der Waals surface area contributed by atoms with Gasteiger partial charge in [-0.05, 0) is 42.7 Å². The molecule has 2 nitrogen and oxygen atoms in total. The zero-order chi connectivity index (χ0) is 14.0. The molecule has 0 aromatic heterocycles. The highest BCUT2D eigenvalue weighted by Crippen LogP contribution is 2.28. The lowest BCUT2D eigenvalue weighted by atomic mass is 9.83. The van der Waals surface area contributed by atoms with E-state index in [0.29, 0.717) is 5.56 Å². The number of rotatable bonds is 3. The number of aliphatic carboxylic acids is 1. The molecule has 2 rings (SSSR count). The largest absolute Gasteiger partial charge is 0.481 e.